The van der Waals surface area contributed by atoms with Gasteiger partial charge in [-0.15, -0.1) is 0 Å². The molecule has 0 unspecified atom stereocenters. The zero-order valence-corrected chi connectivity index (χ0v) is 28.6. The minimum absolute atomic E-state index is 0.586. The van der Waals surface area contributed by atoms with Gasteiger partial charge < -0.3 is 0 Å². The summed E-state index contributed by atoms with van der Waals surface area (Å²) >= 11 is 0. The number of benzene rings is 9. The van der Waals surface area contributed by atoms with E-state index in [0.717, 1.165) is 44.4 Å². The molecule has 53 heavy (non-hydrogen) atoms. The molecule has 2 heterocycles. The number of hydrogen-bond acceptors (Lipinski definition) is 3. The van der Waals surface area contributed by atoms with E-state index in [0.29, 0.717) is 17.6 Å². The van der Waals surface area contributed by atoms with Crippen LogP contribution in [-0.4, -0.2) is 19.5 Å². The molecule has 0 atom stereocenters. The SMILES string of the molecule is c1ccc(-c2cccc(-c3nc(-c4ccccc4)nc(-n4c5cc(-c6ccccc6)cc6c7ccc8ccccc8c7c7cccc4c7c65)n3)c2)cc1. The van der Waals surface area contributed by atoms with Gasteiger partial charge in [-0.1, -0.05) is 158 Å². The van der Waals surface area contributed by atoms with Gasteiger partial charge in [0.2, 0.25) is 5.95 Å². The fraction of sp³-hybridized carbons (Fsp3) is 0. The topological polar surface area (TPSA) is 43.6 Å². The standard InChI is InChI=1S/C49H30N4/c1-4-14-31(15-5-1)35-21-12-22-36(28-35)48-50-47(34-19-8-3-9-20-34)51-49(52-48)53-42-25-13-24-40-44-38-23-11-10-18-33(38)26-27-39(44)41-29-37(32-16-6-2-7-17-32)30-43(53)46(41)45(40)42/h1-30H. The van der Waals surface area contributed by atoms with Crippen molar-refractivity contribution >= 4 is 54.1 Å². The average molecular weight is 675 g/mol. The lowest BCUT2D eigenvalue weighted by atomic mass is 9.89. The van der Waals surface area contributed by atoms with Crippen molar-refractivity contribution in [3.05, 3.63) is 182 Å². The monoisotopic (exact) mass is 674 g/mol. The molecule has 0 saturated carbocycles. The summed E-state index contributed by atoms with van der Waals surface area (Å²) in [7, 11) is 0. The van der Waals surface area contributed by atoms with Crippen LogP contribution in [0.4, 0.5) is 0 Å². The molecule has 9 aromatic carbocycles. The van der Waals surface area contributed by atoms with E-state index in [1.54, 1.807) is 0 Å². The predicted octanol–water partition coefficient (Wildman–Crippen LogP) is 12.5. The summed E-state index contributed by atoms with van der Waals surface area (Å²) in [5.41, 5.74) is 8.57. The quantitative estimate of drug-likeness (QED) is 0.171. The van der Waals surface area contributed by atoms with Crippen molar-refractivity contribution in [2.75, 3.05) is 0 Å². The Hall–Kier alpha value is -7.17. The number of nitrogens with zero attached hydrogens (tertiary/aromatic N) is 4. The fourth-order valence-electron chi connectivity index (χ4n) is 8.18. The Morgan fingerprint density at radius 1 is 0.302 bits per heavy atom. The summed E-state index contributed by atoms with van der Waals surface area (Å²) < 4.78 is 2.26. The van der Waals surface area contributed by atoms with Crippen molar-refractivity contribution in [3.63, 3.8) is 0 Å². The Bertz CT molecular complexity index is 3150. The molecule has 0 N–H and O–H groups in total. The van der Waals surface area contributed by atoms with E-state index in [1.807, 2.05) is 24.3 Å². The summed E-state index contributed by atoms with van der Waals surface area (Å²) in [4.78, 5) is 15.7. The Morgan fingerprint density at radius 3 is 1.66 bits per heavy atom. The molecule has 4 heteroatoms. The lowest BCUT2D eigenvalue weighted by Crippen LogP contribution is -2.06. The van der Waals surface area contributed by atoms with Crippen LogP contribution in [0.25, 0.3) is 105 Å². The highest BCUT2D eigenvalue weighted by molar-refractivity contribution is 6.38. The van der Waals surface area contributed by atoms with Gasteiger partial charge in [0, 0.05) is 21.9 Å². The third kappa shape index (κ3) is 4.66. The predicted molar refractivity (Wildman–Crippen MR) is 220 cm³/mol. The zero-order chi connectivity index (χ0) is 34.9. The van der Waals surface area contributed by atoms with E-state index in [1.165, 1.54) is 43.1 Å². The molecule has 0 fully saturated rings. The Kier molecular flexibility index (Phi) is 6.52. The molecule has 11 aromatic rings. The number of rotatable bonds is 5. The molecule has 11 rings (SSSR count). The highest BCUT2D eigenvalue weighted by atomic mass is 15.2. The van der Waals surface area contributed by atoms with Crippen LogP contribution in [-0.2, 0) is 0 Å². The number of hydrogen-bond donors (Lipinski definition) is 0. The van der Waals surface area contributed by atoms with E-state index < -0.39 is 0 Å². The second-order valence-electron chi connectivity index (χ2n) is 13.6. The van der Waals surface area contributed by atoms with Gasteiger partial charge in [0.15, 0.2) is 11.6 Å². The first-order valence-corrected chi connectivity index (χ1v) is 18.0. The fourth-order valence-corrected chi connectivity index (χ4v) is 8.18. The molecule has 2 aromatic heterocycles. The maximum Gasteiger partial charge on any atom is 0.238 e. The van der Waals surface area contributed by atoms with Crippen molar-refractivity contribution in [2.24, 2.45) is 0 Å². The Morgan fingerprint density at radius 2 is 0.887 bits per heavy atom. The minimum Gasteiger partial charge on any atom is -0.278 e. The lowest BCUT2D eigenvalue weighted by Gasteiger charge is -2.13. The van der Waals surface area contributed by atoms with Crippen LogP contribution in [0.2, 0.25) is 0 Å². The summed E-state index contributed by atoms with van der Waals surface area (Å²) in [5.74, 6) is 1.84. The maximum atomic E-state index is 5.33. The molecule has 0 aliphatic carbocycles. The maximum absolute atomic E-state index is 5.33. The summed E-state index contributed by atoms with van der Waals surface area (Å²) in [6.45, 7) is 0. The number of fused-ring (bicyclic) bond motifs is 5. The summed E-state index contributed by atoms with van der Waals surface area (Å²) in [6.07, 6.45) is 0. The van der Waals surface area contributed by atoms with Crippen LogP contribution in [0.15, 0.2) is 182 Å². The third-order valence-corrected chi connectivity index (χ3v) is 10.6. The van der Waals surface area contributed by atoms with Crippen molar-refractivity contribution in [1.29, 1.82) is 0 Å². The highest BCUT2D eigenvalue weighted by Gasteiger charge is 2.24. The molecule has 0 aliphatic heterocycles. The summed E-state index contributed by atoms with van der Waals surface area (Å²) in [5, 5.41) is 9.87. The van der Waals surface area contributed by atoms with E-state index in [9.17, 15) is 0 Å². The summed E-state index contributed by atoms with van der Waals surface area (Å²) in [6, 6.07) is 64.4. The molecule has 0 amide bonds. The molecule has 0 aliphatic rings. The van der Waals surface area contributed by atoms with E-state index in [2.05, 4.69) is 162 Å². The molecule has 0 radical (unpaired) electrons. The van der Waals surface area contributed by atoms with Crippen molar-refractivity contribution in [2.45, 2.75) is 0 Å². The van der Waals surface area contributed by atoms with Crippen LogP contribution in [0.3, 0.4) is 0 Å². The van der Waals surface area contributed by atoms with Gasteiger partial charge in [0.1, 0.15) is 0 Å². The molecular formula is C49H30N4. The first-order chi connectivity index (χ1) is 26.3. The van der Waals surface area contributed by atoms with Gasteiger partial charge in [-0.3, -0.25) is 4.57 Å². The van der Waals surface area contributed by atoms with Gasteiger partial charge in [-0.2, -0.15) is 9.97 Å². The molecule has 4 nitrogen and oxygen atoms in total. The number of aromatic nitrogens is 4. The van der Waals surface area contributed by atoms with Gasteiger partial charge in [-0.25, -0.2) is 4.98 Å². The van der Waals surface area contributed by atoms with Gasteiger partial charge in [-0.05, 0) is 78.8 Å². The average Bonchev–Trinajstić information content (AvgIpc) is 3.58. The molecule has 246 valence electrons. The van der Waals surface area contributed by atoms with Crippen molar-refractivity contribution in [3.8, 4) is 51.0 Å². The van der Waals surface area contributed by atoms with E-state index in [-0.39, 0.29) is 0 Å². The van der Waals surface area contributed by atoms with Gasteiger partial charge in [0.05, 0.1) is 11.0 Å². The molecular weight excluding hydrogens is 645 g/mol. The van der Waals surface area contributed by atoms with Crippen LogP contribution >= 0.6 is 0 Å². The zero-order valence-electron chi connectivity index (χ0n) is 28.6. The largest absolute Gasteiger partial charge is 0.278 e. The Labute approximate surface area is 305 Å². The van der Waals surface area contributed by atoms with Gasteiger partial charge in [0.25, 0.3) is 0 Å². The second kappa shape index (κ2) is 11.7. The smallest absolute Gasteiger partial charge is 0.238 e. The van der Waals surface area contributed by atoms with Crippen LogP contribution in [0, 0.1) is 0 Å². The van der Waals surface area contributed by atoms with E-state index >= 15 is 0 Å². The van der Waals surface area contributed by atoms with Crippen molar-refractivity contribution in [1.82, 2.24) is 19.5 Å². The van der Waals surface area contributed by atoms with Crippen molar-refractivity contribution < 1.29 is 0 Å². The normalized spacial score (nSPS) is 11.8. The Balaban J connectivity index is 1.27. The second-order valence-corrected chi connectivity index (χ2v) is 13.6. The minimum atomic E-state index is 0.586. The first-order valence-electron chi connectivity index (χ1n) is 18.0. The highest BCUT2D eigenvalue weighted by Crippen LogP contribution is 2.47. The van der Waals surface area contributed by atoms with Crippen LogP contribution < -0.4 is 0 Å². The lowest BCUT2D eigenvalue weighted by molar-refractivity contribution is 0.954. The third-order valence-electron chi connectivity index (χ3n) is 10.6. The molecule has 0 bridgehead atoms. The van der Waals surface area contributed by atoms with Crippen LogP contribution in [0.1, 0.15) is 0 Å². The van der Waals surface area contributed by atoms with Gasteiger partial charge >= 0.3 is 0 Å². The van der Waals surface area contributed by atoms with Crippen LogP contribution in [0.5, 0.6) is 0 Å². The first kappa shape index (κ1) is 29.5. The van der Waals surface area contributed by atoms with E-state index in [4.69, 9.17) is 15.0 Å². The molecule has 0 spiro atoms. The molecule has 0 saturated heterocycles.